The van der Waals surface area contributed by atoms with Gasteiger partial charge in [-0.2, -0.15) is 0 Å². The first-order chi connectivity index (χ1) is 10.7. The molecule has 1 N–H and O–H groups in total. The first kappa shape index (κ1) is 17.1. The van der Waals surface area contributed by atoms with E-state index >= 15 is 0 Å². The Morgan fingerprint density at radius 3 is 2.74 bits per heavy atom. The molecule has 0 spiro atoms. The summed E-state index contributed by atoms with van der Waals surface area (Å²) in [6.07, 6.45) is 3.69. The van der Waals surface area contributed by atoms with E-state index in [0.717, 1.165) is 12.1 Å². The number of thiophene rings is 1. The summed E-state index contributed by atoms with van der Waals surface area (Å²) in [5, 5.41) is 13.0. The van der Waals surface area contributed by atoms with Crippen molar-refractivity contribution in [3.63, 3.8) is 0 Å². The van der Waals surface area contributed by atoms with Gasteiger partial charge in [0.25, 0.3) is 0 Å². The minimum atomic E-state index is -1.16. The standard InChI is InChI=1S/C18H21NO2S.BrH/c20-18(13-19-10-2-1-4-16(19)12-21-18)15-8-6-14(7-9-15)17-5-3-11-22-17;/h3,5-9,11,16,20H,1-2,4,10,12-13H2;1H. The van der Waals surface area contributed by atoms with Crippen molar-refractivity contribution in [2.24, 2.45) is 0 Å². The Morgan fingerprint density at radius 1 is 1.17 bits per heavy atom. The van der Waals surface area contributed by atoms with Gasteiger partial charge in [0, 0.05) is 16.5 Å². The Hall–Kier alpha value is -0.720. The molecule has 2 aromatic rings. The third-order valence-electron chi connectivity index (χ3n) is 4.82. The Morgan fingerprint density at radius 2 is 2.00 bits per heavy atom. The first-order valence-corrected chi connectivity index (χ1v) is 8.87. The molecule has 2 fully saturated rings. The molecule has 3 nitrogen and oxygen atoms in total. The van der Waals surface area contributed by atoms with Crippen molar-refractivity contribution in [2.45, 2.75) is 31.1 Å². The summed E-state index contributed by atoms with van der Waals surface area (Å²) in [6.45, 7) is 2.28. The molecule has 2 aliphatic rings. The van der Waals surface area contributed by atoms with Gasteiger partial charge in [0.2, 0.25) is 5.79 Å². The molecule has 1 aromatic carbocycles. The smallest absolute Gasteiger partial charge is 0.205 e. The second-order valence-corrected chi connectivity index (χ2v) is 7.22. The first-order valence-electron chi connectivity index (χ1n) is 7.99. The maximum absolute atomic E-state index is 10.9. The molecule has 2 atom stereocenters. The molecule has 0 saturated carbocycles. The quantitative estimate of drug-likeness (QED) is 0.832. The van der Waals surface area contributed by atoms with E-state index in [9.17, 15) is 5.11 Å². The molecule has 2 saturated heterocycles. The molecule has 1 aromatic heterocycles. The van der Waals surface area contributed by atoms with Gasteiger partial charge in [-0.1, -0.05) is 36.8 Å². The SMILES string of the molecule is Br.OC1(c2ccc(-c3cccs3)cc2)CN2CCCCC2CO1. The number of hydrogen-bond donors (Lipinski definition) is 1. The van der Waals surface area contributed by atoms with Crippen molar-refractivity contribution in [3.05, 3.63) is 47.3 Å². The number of halogens is 1. The van der Waals surface area contributed by atoms with Gasteiger partial charge in [-0.15, -0.1) is 28.3 Å². The van der Waals surface area contributed by atoms with Gasteiger partial charge in [-0.3, -0.25) is 4.90 Å². The van der Waals surface area contributed by atoms with Gasteiger partial charge in [-0.25, -0.2) is 0 Å². The van der Waals surface area contributed by atoms with E-state index in [-0.39, 0.29) is 17.0 Å². The van der Waals surface area contributed by atoms with Gasteiger partial charge >= 0.3 is 0 Å². The predicted molar refractivity (Wildman–Crippen MR) is 99.1 cm³/mol. The molecule has 4 rings (SSSR count). The Bertz CT molecular complexity index is 631. The second-order valence-electron chi connectivity index (χ2n) is 6.27. The Kier molecular flexibility index (Phi) is 5.23. The molecule has 0 radical (unpaired) electrons. The van der Waals surface area contributed by atoms with Crippen molar-refractivity contribution in [1.29, 1.82) is 0 Å². The molecule has 23 heavy (non-hydrogen) atoms. The van der Waals surface area contributed by atoms with Crippen molar-refractivity contribution in [3.8, 4) is 10.4 Å². The minimum Gasteiger partial charge on any atom is -0.361 e. The fraction of sp³-hybridized carbons (Fsp3) is 0.444. The van der Waals surface area contributed by atoms with E-state index in [4.69, 9.17) is 4.74 Å². The van der Waals surface area contributed by atoms with Crippen molar-refractivity contribution in [2.75, 3.05) is 19.7 Å². The largest absolute Gasteiger partial charge is 0.361 e. The van der Waals surface area contributed by atoms with Gasteiger partial charge in [0.05, 0.1) is 13.2 Å². The van der Waals surface area contributed by atoms with Crippen molar-refractivity contribution >= 4 is 28.3 Å². The maximum atomic E-state index is 10.9. The highest BCUT2D eigenvalue weighted by atomic mass is 79.9. The molecule has 5 heteroatoms. The number of nitrogens with zero attached hydrogens (tertiary/aromatic N) is 1. The van der Waals surface area contributed by atoms with E-state index in [1.165, 1.54) is 29.7 Å². The van der Waals surface area contributed by atoms with E-state index in [1.54, 1.807) is 11.3 Å². The summed E-state index contributed by atoms with van der Waals surface area (Å²) in [7, 11) is 0. The lowest BCUT2D eigenvalue weighted by Crippen LogP contribution is -2.56. The van der Waals surface area contributed by atoms with Crippen LogP contribution in [0.3, 0.4) is 0 Å². The number of hydrogen-bond acceptors (Lipinski definition) is 4. The van der Waals surface area contributed by atoms with Crippen LogP contribution >= 0.6 is 28.3 Å². The van der Waals surface area contributed by atoms with Crippen LogP contribution in [0.2, 0.25) is 0 Å². The summed E-state index contributed by atoms with van der Waals surface area (Å²) < 4.78 is 5.87. The zero-order chi connectivity index (χ0) is 15.0. The average molecular weight is 396 g/mol. The number of piperidine rings is 1. The van der Waals surface area contributed by atoms with Crippen LogP contribution in [0.1, 0.15) is 24.8 Å². The van der Waals surface area contributed by atoms with E-state index in [0.29, 0.717) is 19.2 Å². The number of rotatable bonds is 2. The number of aliphatic hydroxyl groups is 1. The summed E-state index contributed by atoms with van der Waals surface area (Å²) in [5.74, 6) is -1.16. The molecule has 2 aliphatic heterocycles. The molecule has 3 heterocycles. The maximum Gasteiger partial charge on any atom is 0.205 e. The fourth-order valence-electron chi connectivity index (χ4n) is 3.52. The van der Waals surface area contributed by atoms with Crippen LogP contribution in [0.4, 0.5) is 0 Å². The van der Waals surface area contributed by atoms with Crippen molar-refractivity contribution in [1.82, 2.24) is 4.90 Å². The number of morpholine rings is 1. The van der Waals surface area contributed by atoms with Crippen LogP contribution in [0, 0.1) is 0 Å². The zero-order valence-electron chi connectivity index (χ0n) is 13.0. The molecule has 0 amide bonds. The van der Waals surface area contributed by atoms with Gasteiger partial charge < -0.3 is 9.84 Å². The highest BCUT2D eigenvalue weighted by Crippen LogP contribution is 2.34. The highest BCUT2D eigenvalue weighted by molar-refractivity contribution is 8.93. The molecular formula is C18H22BrNO2S. The summed E-state index contributed by atoms with van der Waals surface area (Å²) in [4.78, 5) is 3.64. The van der Waals surface area contributed by atoms with Crippen LogP contribution in [0.15, 0.2) is 41.8 Å². The lowest BCUT2D eigenvalue weighted by molar-refractivity contribution is -0.264. The van der Waals surface area contributed by atoms with Crippen LogP contribution in [-0.4, -0.2) is 35.7 Å². The van der Waals surface area contributed by atoms with Gasteiger partial charge in [0.15, 0.2) is 0 Å². The van der Waals surface area contributed by atoms with Crippen molar-refractivity contribution < 1.29 is 9.84 Å². The molecule has 0 bridgehead atoms. The highest BCUT2D eigenvalue weighted by Gasteiger charge is 2.41. The summed E-state index contributed by atoms with van der Waals surface area (Å²) in [6, 6.07) is 12.8. The van der Waals surface area contributed by atoms with Gasteiger partial charge in [-0.05, 0) is 36.4 Å². The molecule has 2 unspecified atom stereocenters. The van der Waals surface area contributed by atoms with E-state index in [2.05, 4.69) is 34.5 Å². The lowest BCUT2D eigenvalue weighted by Gasteiger charge is -2.46. The summed E-state index contributed by atoms with van der Waals surface area (Å²) in [5.41, 5.74) is 2.05. The van der Waals surface area contributed by atoms with Crippen LogP contribution in [0.25, 0.3) is 10.4 Å². The topological polar surface area (TPSA) is 32.7 Å². The number of ether oxygens (including phenoxy) is 1. The molecule has 124 valence electrons. The van der Waals surface area contributed by atoms with Gasteiger partial charge in [0.1, 0.15) is 0 Å². The zero-order valence-corrected chi connectivity index (χ0v) is 15.5. The van der Waals surface area contributed by atoms with Crippen LogP contribution < -0.4 is 0 Å². The molecular weight excluding hydrogens is 374 g/mol. The lowest BCUT2D eigenvalue weighted by atomic mass is 9.96. The average Bonchev–Trinajstić information content (AvgIpc) is 3.09. The minimum absolute atomic E-state index is 0. The normalized spacial score (nSPS) is 28.0. The third kappa shape index (κ3) is 3.39. The van der Waals surface area contributed by atoms with Crippen LogP contribution in [0.5, 0.6) is 0 Å². The Labute approximate surface area is 151 Å². The third-order valence-corrected chi connectivity index (χ3v) is 5.74. The summed E-state index contributed by atoms with van der Waals surface area (Å²) >= 11 is 1.73. The number of fused-ring (bicyclic) bond motifs is 1. The van der Waals surface area contributed by atoms with E-state index < -0.39 is 5.79 Å². The predicted octanol–water partition coefficient (Wildman–Crippen LogP) is 4.02. The number of benzene rings is 1. The second kappa shape index (κ2) is 7.03. The molecule has 0 aliphatic carbocycles. The van der Waals surface area contributed by atoms with Crippen LogP contribution in [-0.2, 0) is 10.5 Å². The fourth-order valence-corrected chi connectivity index (χ4v) is 4.26. The van der Waals surface area contributed by atoms with E-state index in [1.807, 2.05) is 12.1 Å². The Balaban J connectivity index is 0.00000156. The monoisotopic (exact) mass is 395 g/mol.